The van der Waals surface area contributed by atoms with Crippen LogP contribution in [0.15, 0.2) is 115 Å². The molecule has 0 fully saturated rings. The Bertz CT molecular complexity index is 1380. The zero-order valence-corrected chi connectivity index (χ0v) is 28.2. The molecular weight excluding hydrogens is 556 g/mol. The van der Waals surface area contributed by atoms with Crippen LogP contribution in [0.3, 0.4) is 0 Å². The number of hydrogen-bond donors (Lipinski definition) is 1. The predicted molar refractivity (Wildman–Crippen MR) is 187 cm³/mol. The average molecular weight is 611 g/mol. The van der Waals surface area contributed by atoms with Crippen LogP contribution in [0.25, 0.3) is 0 Å². The Labute approximate surface area is 272 Å². The SMILES string of the molecule is C=CC(=O)OC1=CC(C)(CCCC)C=C(CCc2ccc(CCC3=CC(C)(CCCC)C=C(OC(O)C=C)C=C3)cc2C)C=C1. The molecule has 2 aliphatic rings. The zero-order valence-electron chi connectivity index (χ0n) is 28.2. The summed E-state index contributed by atoms with van der Waals surface area (Å²) in [5, 5.41) is 9.98. The molecule has 45 heavy (non-hydrogen) atoms. The van der Waals surface area contributed by atoms with Gasteiger partial charge in [-0.1, -0.05) is 120 Å². The molecule has 0 spiro atoms. The molecule has 0 heterocycles. The van der Waals surface area contributed by atoms with Gasteiger partial charge in [0.25, 0.3) is 0 Å². The number of aliphatic hydroxyl groups is 1. The van der Waals surface area contributed by atoms with Crippen LogP contribution in [0, 0.1) is 17.8 Å². The van der Waals surface area contributed by atoms with Crippen molar-refractivity contribution in [1.29, 1.82) is 0 Å². The summed E-state index contributed by atoms with van der Waals surface area (Å²) >= 11 is 0. The normalized spacial score (nSPS) is 21.8. The van der Waals surface area contributed by atoms with Gasteiger partial charge in [-0.05, 0) is 92.5 Å². The van der Waals surface area contributed by atoms with Crippen molar-refractivity contribution >= 4 is 5.97 Å². The Hall–Kier alpha value is -3.63. The van der Waals surface area contributed by atoms with Crippen LogP contribution in [-0.2, 0) is 27.1 Å². The first kappa shape index (κ1) is 35.8. The van der Waals surface area contributed by atoms with Crippen LogP contribution in [-0.4, -0.2) is 17.4 Å². The summed E-state index contributed by atoms with van der Waals surface area (Å²) in [4.78, 5) is 11.9. The molecule has 3 unspecified atom stereocenters. The van der Waals surface area contributed by atoms with Gasteiger partial charge in [0.15, 0.2) is 0 Å². The molecule has 1 aromatic carbocycles. The molecule has 3 rings (SSSR count). The van der Waals surface area contributed by atoms with E-state index in [1.54, 1.807) is 0 Å². The predicted octanol–water partition coefficient (Wildman–Crippen LogP) is 10.3. The van der Waals surface area contributed by atoms with E-state index in [0.29, 0.717) is 11.5 Å². The zero-order chi connectivity index (χ0) is 32.9. The molecule has 0 aliphatic heterocycles. The summed E-state index contributed by atoms with van der Waals surface area (Å²) in [6.45, 7) is 18.2. The van der Waals surface area contributed by atoms with Gasteiger partial charge in [0.2, 0.25) is 6.29 Å². The number of aryl methyl sites for hydroxylation is 3. The third kappa shape index (κ3) is 11.7. The third-order valence-corrected chi connectivity index (χ3v) is 8.67. The first-order chi connectivity index (χ1) is 21.5. The van der Waals surface area contributed by atoms with E-state index >= 15 is 0 Å². The molecule has 0 amide bonds. The minimum absolute atomic E-state index is 0.137. The fourth-order valence-corrected chi connectivity index (χ4v) is 6.11. The number of aliphatic hydroxyl groups excluding tert-OH is 1. The first-order valence-corrected chi connectivity index (χ1v) is 16.7. The topological polar surface area (TPSA) is 55.8 Å². The summed E-state index contributed by atoms with van der Waals surface area (Å²) in [5.41, 5.74) is 6.22. The van der Waals surface area contributed by atoms with Gasteiger partial charge in [-0.3, -0.25) is 0 Å². The number of carbonyl (C=O) groups excluding carboxylic acids is 1. The van der Waals surface area contributed by atoms with Gasteiger partial charge in [0.1, 0.15) is 11.5 Å². The maximum absolute atomic E-state index is 11.9. The second-order valence-electron chi connectivity index (χ2n) is 13.0. The number of unbranched alkanes of at least 4 members (excludes halogenated alkanes) is 2. The summed E-state index contributed by atoms with van der Waals surface area (Å²) in [6, 6.07) is 6.88. The van der Waals surface area contributed by atoms with Crippen molar-refractivity contribution in [2.24, 2.45) is 10.8 Å². The quantitative estimate of drug-likeness (QED) is 0.0825. The molecule has 0 bridgehead atoms. The lowest BCUT2D eigenvalue weighted by Gasteiger charge is -2.23. The van der Waals surface area contributed by atoms with Crippen LogP contribution in [0.1, 0.15) is 95.8 Å². The second kappa shape index (κ2) is 17.2. The van der Waals surface area contributed by atoms with Crippen LogP contribution in [0.4, 0.5) is 0 Å². The van der Waals surface area contributed by atoms with Crippen molar-refractivity contribution in [2.45, 2.75) is 105 Å². The Morgan fingerprint density at radius 3 is 1.98 bits per heavy atom. The summed E-state index contributed by atoms with van der Waals surface area (Å²) in [7, 11) is 0. The molecule has 0 aromatic heterocycles. The Morgan fingerprint density at radius 2 is 1.42 bits per heavy atom. The van der Waals surface area contributed by atoms with Crippen molar-refractivity contribution in [3.63, 3.8) is 0 Å². The number of esters is 1. The van der Waals surface area contributed by atoms with Crippen LogP contribution < -0.4 is 0 Å². The lowest BCUT2D eigenvalue weighted by molar-refractivity contribution is -0.133. The highest BCUT2D eigenvalue weighted by molar-refractivity contribution is 5.82. The highest BCUT2D eigenvalue weighted by Gasteiger charge is 2.24. The van der Waals surface area contributed by atoms with E-state index in [1.165, 1.54) is 40.0 Å². The third-order valence-electron chi connectivity index (χ3n) is 8.67. The van der Waals surface area contributed by atoms with Gasteiger partial charge in [-0.2, -0.15) is 0 Å². The van der Waals surface area contributed by atoms with Gasteiger partial charge in [-0.25, -0.2) is 4.79 Å². The lowest BCUT2D eigenvalue weighted by atomic mass is 9.82. The van der Waals surface area contributed by atoms with Crippen molar-refractivity contribution in [3.8, 4) is 0 Å². The lowest BCUT2D eigenvalue weighted by Crippen LogP contribution is -2.13. The monoisotopic (exact) mass is 610 g/mol. The van der Waals surface area contributed by atoms with E-state index in [-0.39, 0.29) is 10.8 Å². The number of allylic oxidation sites excluding steroid dienone is 10. The molecule has 1 N–H and O–H groups in total. The molecule has 0 saturated carbocycles. The van der Waals surface area contributed by atoms with Gasteiger partial charge in [0.05, 0.1) is 0 Å². The van der Waals surface area contributed by atoms with E-state index in [1.807, 2.05) is 12.2 Å². The van der Waals surface area contributed by atoms with Crippen LogP contribution >= 0.6 is 0 Å². The highest BCUT2D eigenvalue weighted by Crippen LogP contribution is 2.36. The number of ether oxygens (including phenoxy) is 2. The molecule has 4 heteroatoms. The molecule has 2 aliphatic carbocycles. The fraction of sp³-hybridized carbons (Fsp3) is 0.439. The fourth-order valence-electron chi connectivity index (χ4n) is 6.11. The number of carbonyl (C=O) groups is 1. The van der Waals surface area contributed by atoms with Crippen LogP contribution in [0.5, 0.6) is 0 Å². The molecular formula is C41H54O4. The van der Waals surface area contributed by atoms with Crippen LogP contribution in [0.2, 0.25) is 0 Å². The van der Waals surface area contributed by atoms with E-state index < -0.39 is 12.3 Å². The maximum Gasteiger partial charge on any atom is 0.335 e. The summed E-state index contributed by atoms with van der Waals surface area (Å²) < 4.78 is 11.2. The van der Waals surface area contributed by atoms with E-state index in [2.05, 4.69) is 102 Å². The van der Waals surface area contributed by atoms with Gasteiger partial charge < -0.3 is 14.6 Å². The summed E-state index contributed by atoms with van der Waals surface area (Å²) in [5.74, 6) is 0.837. The smallest absolute Gasteiger partial charge is 0.335 e. The van der Waals surface area contributed by atoms with E-state index in [4.69, 9.17) is 9.47 Å². The molecule has 0 saturated heterocycles. The number of rotatable bonds is 17. The standard InChI is InChI=1S/C41H54O4/c1-8-12-24-40(6)27-33(18-22-36(29-40)44-38(42)10-3)15-14-32-16-20-35(31(5)26-32)21-17-34-19-23-37(45-39(43)11-4)30-41(7,28-34)25-13-9-2/h10-11,16,18-20,22-23,26-30,38,42H,3-4,8-9,12-15,17,21,24-25H2,1-2,5-7H3. The molecule has 3 atom stereocenters. The minimum atomic E-state index is -1.02. The number of hydrogen-bond acceptors (Lipinski definition) is 4. The Balaban J connectivity index is 1.69. The molecule has 0 radical (unpaired) electrons. The van der Waals surface area contributed by atoms with Crippen molar-refractivity contribution < 1.29 is 19.4 Å². The minimum Gasteiger partial charge on any atom is -0.462 e. The van der Waals surface area contributed by atoms with Gasteiger partial charge >= 0.3 is 5.97 Å². The summed E-state index contributed by atoms with van der Waals surface area (Å²) in [6.07, 6.45) is 28.9. The Kier molecular flexibility index (Phi) is 13.7. The molecule has 1 aromatic rings. The maximum atomic E-state index is 11.9. The number of benzene rings is 1. The Morgan fingerprint density at radius 1 is 0.844 bits per heavy atom. The van der Waals surface area contributed by atoms with Crippen molar-refractivity contribution in [3.05, 3.63) is 131 Å². The average Bonchev–Trinajstić information content (AvgIpc) is 3.27. The van der Waals surface area contributed by atoms with Gasteiger partial charge in [0, 0.05) is 16.9 Å². The molecule has 242 valence electrons. The van der Waals surface area contributed by atoms with E-state index in [9.17, 15) is 9.90 Å². The largest absolute Gasteiger partial charge is 0.462 e. The van der Waals surface area contributed by atoms with E-state index in [0.717, 1.165) is 64.2 Å². The van der Waals surface area contributed by atoms with Crippen molar-refractivity contribution in [2.75, 3.05) is 0 Å². The molecule has 4 nitrogen and oxygen atoms in total. The van der Waals surface area contributed by atoms with Crippen molar-refractivity contribution in [1.82, 2.24) is 0 Å². The second-order valence-corrected chi connectivity index (χ2v) is 13.0. The van der Waals surface area contributed by atoms with Gasteiger partial charge in [-0.15, -0.1) is 0 Å². The first-order valence-electron chi connectivity index (χ1n) is 16.7. The highest BCUT2D eigenvalue weighted by atomic mass is 16.6.